The zero-order chi connectivity index (χ0) is 15.4. The van der Waals surface area contributed by atoms with Crippen molar-refractivity contribution in [2.24, 2.45) is 5.92 Å². The lowest BCUT2D eigenvalue weighted by Gasteiger charge is -2.22. The maximum atomic E-state index is 11.4. The molecule has 5 nitrogen and oxygen atoms in total. The molecule has 5 heteroatoms. The second-order valence-electron chi connectivity index (χ2n) is 5.10. The van der Waals surface area contributed by atoms with Crippen LogP contribution in [0.3, 0.4) is 0 Å². The van der Waals surface area contributed by atoms with Crippen molar-refractivity contribution < 1.29 is 4.79 Å². The number of aromatic nitrogens is 2. The Kier molecular flexibility index (Phi) is 4.39. The van der Waals surface area contributed by atoms with Gasteiger partial charge in [-0.1, -0.05) is 18.2 Å². The van der Waals surface area contributed by atoms with Crippen LogP contribution in [0.4, 0.5) is 5.82 Å². The van der Waals surface area contributed by atoms with Crippen LogP contribution >= 0.6 is 0 Å². The largest absolute Gasteiger partial charge is 0.358 e. The standard InChI is InChI=1S/C16H18N4O/c1-12(9-17)10-19(3)16-15(11-21)13(2)18-20(16)14-7-5-4-6-8-14/h4-8,11-12H,10H2,1-3H3. The van der Waals surface area contributed by atoms with Crippen LogP contribution in [-0.2, 0) is 0 Å². The first-order valence-corrected chi connectivity index (χ1v) is 6.79. The van der Waals surface area contributed by atoms with Gasteiger partial charge in [-0.05, 0) is 26.0 Å². The van der Waals surface area contributed by atoms with E-state index in [1.165, 1.54) is 0 Å². The predicted octanol–water partition coefficient (Wildman–Crippen LogP) is 2.59. The minimum atomic E-state index is -0.131. The molecular formula is C16H18N4O. The fourth-order valence-electron chi connectivity index (χ4n) is 2.32. The van der Waals surface area contributed by atoms with Crippen LogP contribution in [0.2, 0.25) is 0 Å². The van der Waals surface area contributed by atoms with Gasteiger partial charge in [0, 0.05) is 13.6 Å². The molecule has 0 aliphatic heterocycles. The Bertz CT molecular complexity index is 670. The number of carbonyl (C=O) groups is 1. The Labute approximate surface area is 124 Å². The maximum absolute atomic E-state index is 11.4. The molecule has 1 aromatic heterocycles. The van der Waals surface area contributed by atoms with Crippen LogP contribution in [0.15, 0.2) is 30.3 Å². The van der Waals surface area contributed by atoms with E-state index in [1.54, 1.807) is 4.68 Å². The van der Waals surface area contributed by atoms with E-state index in [-0.39, 0.29) is 5.92 Å². The molecule has 108 valence electrons. The number of hydrogen-bond donors (Lipinski definition) is 0. The van der Waals surface area contributed by atoms with E-state index in [4.69, 9.17) is 5.26 Å². The van der Waals surface area contributed by atoms with Crippen LogP contribution in [0.25, 0.3) is 5.69 Å². The Morgan fingerprint density at radius 2 is 2.10 bits per heavy atom. The number of nitrogens with zero attached hydrogens (tertiary/aromatic N) is 4. The highest BCUT2D eigenvalue weighted by atomic mass is 16.1. The molecule has 0 saturated carbocycles. The molecule has 0 spiro atoms. The van der Waals surface area contributed by atoms with Gasteiger partial charge in [0.05, 0.1) is 28.9 Å². The summed E-state index contributed by atoms with van der Waals surface area (Å²) in [6, 6.07) is 11.9. The molecule has 1 unspecified atom stereocenters. The number of anilines is 1. The first-order valence-electron chi connectivity index (χ1n) is 6.79. The first-order chi connectivity index (χ1) is 10.1. The summed E-state index contributed by atoms with van der Waals surface area (Å²) in [5.41, 5.74) is 2.13. The second kappa shape index (κ2) is 6.23. The molecule has 1 heterocycles. The molecule has 1 atom stereocenters. The highest BCUT2D eigenvalue weighted by Gasteiger charge is 2.20. The average molecular weight is 282 g/mol. The third-order valence-corrected chi connectivity index (χ3v) is 3.33. The van der Waals surface area contributed by atoms with Gasteiger partial charge in [0.2, 0.25) is 0 Å². The molecule has 0 amide bonds. The predicted molar refractivity (Wildman–Crippen MR) is 81.7 cm³/mol. The van der Waals surface area contributed by atoms with Crippen molar-refractivity contribution >= 4 is 12.1 Å². The highest BCUT2D eigenvalue weighted by molar-refractivity contribution is 5.85. The second-order valence-corrected chi connectivity index (χ2v) is 5.10. The summed E-state index contributed by atoms with van der Waals surface area (Å²) in [5, 5.41) is 13.4. The van der Waals surface area contributed by atoms with Gasteiger partial charge < -0.3 is 4.90 Å². The molecule has 0 fully saturated rings. The van der Waals surface area contributed by atoms with E-state index < -0.39 is 0 Å². The number of nitriles is 1. The molecule has 21 heavy (non-hydrogen) atoms. The van der Waals surface area contributed by atoms with Crippen LogP contribution in [0, 0.1) is 24.2 Å². The van der Waals surface area contributed by atoms with Gasteiger partial charge >= 0.3 is 0 Å². The third-order valence-electron chi connectivity index (χ3n) is 3.33. The number of para-hydroxylation sites is 1. The summed E-state index contributed by atoms with van der Waals surface area (Å²) in [7, 11) is 1.87. The number of hydrogen-bond acceptors (Lipinski definition) is 4. The molecule has 0 aliphatic rings. The summed E-state index contributed by atoms with van der Waals surface area (Å²) in [6.07, 6.45) is 0.824. The highest BCUT2D eigenvalue weighted by Crippen LogP contribution is 2.25. The van der Waals surface area contributed by atoms with Crippen molar-refractivity contribution in [3.8, 4) is 11.8 Å². The average Bonchev–Trinajstić information content (AvgIpc) is 2.84. The summed E-state index contributed by atoms with van der Waals surface area (Å²) >= 11 is 0. The smallest absolute Gasteiger partial charge is 0.155 e. The molecular weight excluding hydrogens is 264 g/mol. The Balaban J connectivity index is 2.52. The van der Waals surface area contributed by atoms with E-state index >= 15 is 0 Å². The number of aryl methyl sites for hydroxylation is 1. The first kappa shape index (κ1) is 14.8. The molecule has 1 aromatic carbocycles. The molecule has 0 bridgehead atoms. The van der Waals surface area contributed by atoms with Crippen molar-refractivity contribution in [2.45, 2.75) is 13.8 Å². The SMILES string of the molecule is Cc1nn(-c2ccccc2)c(N(C)CC(C)C#N)c1C=O. The zero-order valence-corrected chi connectivity index (χ0v) is 12.4. The van der Waals surface area contributed by atoms with Gasteiger partial charge in [-0.25, -0.2) is 4.68 Å². The minimum absolute atomic E-state index is 0.131. The summed E-state index contributed by atoms with van der Waals surface area (Å²) in [4.78, 5) is 13.3. The van der Waals surface area contributed by atoms with Crippen molar-refractivity contribution in [1.82, 2.24) is 9.78 Å². The van der Waals surface area contributed by atoms with Gasteiger partial charge in [-0.2, -0.15) is 10.4 Å². The molecule has 0 aliphatic carbocycles. The van der Waals surface area contributed by atoms with Crippen LogP contribution in [0.1, 0.15) is 23.0 Å². The quantitative estimate of drug-likeness (QED) is 0.791. The summed E-state index contributed by atoms with van der Waals surface area (Å²) in [6.45, 7) is 4.21. The lowest BCUT2D eigenvalue weighted by atomic mass is 10.2. The van der Waals surface area contributed by atoms with Crippen molar-refractivity contribution in [3.63, 3.8) is 0 Å². The summed E-state index contributed by atoms with van der Waals surface area (Å²) < 4.78 is 1.75. The van der Waals surface area contributed by atoms with Crippen LogP contribution in [-0.4, -0.2) is 29.7 Å². The lowest BCUT2D eigenvalue weighted by Crippen LogP contribution is -2.26. The number of rotatable bonds is 5. The fraction of sp³-hybridized carbons (Fsp3) is 0.312. The monoisotopic (exact) mass is 282 g/mol. The van der Waals surface area contributed by atoms with Gasteiger partial charge in [0.1, 0.15) is 5.82 Å². The fourth-order valence-corrected chi connectivity index (χ4v) is 2.32. The normalized spacial score (nSPS) is 11.7. The Morgan fingerprint density at radius 3 is 2.67 bits per heavy atom. The zero-order valence-electron chi connectivity index (χ0n) is 12.4. The van der Waals surface area contributed by atoms with E-state index in [1.807, 2.05) is 56.1 Å². The van der Waals surface area contributed by atoms with E-state index in [9.17, 15) is 4.79 Å². The third kappa shape index (κ3) is 2.95. The van der Waals surface area contributed by atoms with E-state index in [0.717, 1.165) is 17.8 Å². The lowest BCUT2D eigenvalue weighted by molar-refractivity contribution is 0.112. The van der Waals surface area contributed by atoms with Crippen molar-refractivity contribution in [3.05, 3.63) is 41.6 Å². The summed E-state index contributed by atoms with van der Waals surface area (Å²) in [5.74, 6) is 0.588. The molecule has 0 radical (unpaired) electrons. The Morgan fingerprint density at radius 1 is 1.43 bits per heavy atom. The van der Waals surface area contributed by atoms with E-state index in [2.05, 4.69) is 11.2 Å². The molecule has 0 saturated heterocycles. The van der Waals surface area contributed by atoms with Crippen molar-refractivity contribution in [1.29, 1.82) is 5.26 Å². The van der Waals surface area contributed by atoms with Gasteiger partial charge in [-0.15, -0.1) is 0 Å². The van der Waals surface area contributed by atoms with Crippen LogP contribution in [0.5, 0.6) is 0 Å². The topological polar surface area (TPSA) is 61.9 Å². The molecule has 0 N–H and O–H groups in total. The Hall–Kier alpha value is -2.61. The maximum Gasteiger partial charge on any atom is 0.155 e. The number of carbonyl (C=O) groups excluding carboxylic acids is 1. The van der Waals surface area contributed by atoms with Gasteiger partial charge in [-0.3, -0.25) is 4.79 Å². The van der Waals surface area contributed by atoms with Gasteiger partial charge in [0.25, 0.3) is 0 Å². The van der Waals surface area contributed by atoms with Crippen molar-refractivity contribution in [2.75, 3.05) is 18.5 Å². The number of benzene rings is 1. The molecule has 2 rings (SSSR count). The number of aldehydes is 1. The van der Waals surface area contributed by atoms with Crippen LogP contribution < -0.4 is 4.90 Å². The van der Waals surface area contributed by atoms with Gasteiger partial charge in [0.15, 0.2) is 6.29 Å². The molecule has 2 aromatic rings. The van der Waals surface area contributed by atoms with E-state index in [0.29, 0.717) is 17.8 Å². The minimum Gasteiger partial charge on any atom is -0.358 e.